The van der Waals surface area contributed by atoms with Gasteiger partial charge in [-0.25, -0.2) is 4.98 Å². The number of carbonyl (C=O) groups excluding carboxylic acids is 1. The van der Waals surface area contributed by atoms with Gasteiger partial charge in [-0.2, -0.15) is 0 Å². The van der Waals surface area contributed by atoms with E-state index in [1.807, 2.05) is 66.0 Å². The molecule has 0 radical (unpaired) electrons. The Morgan fingerprint density at radius 3 is 2.41 bits per heavy atom. The number of hydrogen-bond acceptors (Lipinski definition) is 7. The molecule has 3 aromatic rings. The van der Waals surface area contributed by atoms with Crippen LogP contribution in [0.2, 0.25) is 0 Å². The zero-order valence-corrected chi connectivity index (χ0v) is 20.2. The molecule has 34 heavy (non-hydrogen) atoms. The Kier molecular flexibility index (Phi) is 8.07. The van der Waals surface area contributed by atoms with Gasteiger partial charge in [0.1, 0.15) is 12.2 Å². The highest BCUT2D eigenvalue weighted by atomic mass is 32.1. The van der Waals surface area contributed by atoms with Gasteiger partial charge in [0, 0.05) is 38.6 Å². The lowest BCUT2D eigenvalue weighted by atomic mass is 9.91. The predicted octanol–water partition coefficient (Wildman–Crippen LogP) is 3.73. The molecular weight excluding hydrogens is 452 g/mol. The number of rotatable bonds is 9. The Balaban J connectivity index is 1.70. The van der Waals surface area contributed by atoms with E-state index in [2.05, 4.69) is 4.98 Å². The number of ether oxygens (including phenoxy) is 3. The number of nitrogens with zero attached hydrogens (tertiary/aromatic N) is 2. The van der Waals surface area contributed by atoms with Gasteiger partial charge in [-0.15, -0.1) is 11.3 Å². The van der Waals surface area contributed by atoms with Gasteiger partial charge in [0.2, 0.25) is 11.7 Å². The van der Waals surface area contributed by atoms with E-state index in [1.165, 1.54) is 11.3 Å². The first-order chi connectivity index (χ1) is 16.6. The van der Waals surface area contributed by atoms with Crippen molar-refractivity contribution in [2.75, 3.05) is 13.7 Å². The maximum absolute atomic E-state index is 13.0. The van der Waals surface area contributed by atoms with Crippen LogP contribution in [0.4, 0.5) is 0 Å². The number of hydrogen-bond donors (Lipinski definition) is 1. The Morgan fingerprint density at radius 2 is 1.85 bits per heavy atom. The second kappa shape index (κ2) is 11.2. The second-order valence-electron chi connectivity index (χ2n) is 8.30. The van der Waals surface area contributed by atoms with E-state index < -0.39 is 24.0 Å². The van der Waals surface area contributed by atoms with E-state index in [-0.39, 0.29) is 12.5 Å². The number of carbonyl (C=O) groups is 1. The maximum Gasteiger partial charge on any atom is 0.224 e. The Morgan fingerprint density at radius 1 is 1.18 bits per heavy atom. The lowest BCUT2D eigenvalue weighted by Gasteiger charge is -2.49. The van der Waals surface area contributed by atoms with Crippen LogP contribution in [0, 0.1) is 0 Å². The molecule has 1 aliphatic rings. The fraction of sp³-hybridized carbons (Fsp3) is 0.385. The van der Waals surface area contributed by atoms with Crippen LogP contribution in [-0.2, 0) is 37.9 Å². The van der Waals surface area contributed by atoms with Gasteiger partial charge in [-0.1, -0.05) is 60.7 Å². The van der Waals surface area contributed by atoms with E-state index in [0.717, 1.165) is 11.1 Å². The summed E-state index contributed by atoms with van der Waals surface area (Å²) in [5.41, 5.74) is 2.00. The highest BCUT2D eigenvalue weighted by molar-refractivity contribution is 7.09. The summed E-state index contributed by atoms with van der Waals surface area (Å²) in [6.45, 7) is 2.00. The minimum Gasteiger partial charge on any atom is -0.394 e. The lowest BCUT2D eigenvalue weighted by Crippen LogP contribution is -2.61. The summed E-state index contributed by atoms with van der Waals surface area (Å²) in [7, 11) is 1.56. The summed E-state index contributed by atoms with van der Waals surface area (Å²) in [5, 5.41) is 12.8. The van der Waals surface area contributed by atoms with Crippen LogP contribution in [0.5, 0.6) is 0 Å². The third kappa shape index (κ3) is 5.37. The summed E-state index contributed by atoms with van der Waals surface area (Å²) in [6.07, 6.45) is 0.724. The monoisotopic (exact) mass is 482 g/mol. The lowest BCUT2D eigenvalue weighted by molar-refractivity contribution is -0.321. The van der Waals surface area contributed by atoms with Crippen LogP contribution in [0.25, 0.3) is 0 Å². The fourth-order valence-corrected chi connectivity index (χ4v) is 5.19. The first kappa shape index (κ1) is 24.5. The molecule has 1 saturated heterocycles. The van der Waals surface area contributed by atoms with E-state index in [9.17, 15) is 9.90 Å². The molecule has 0 saturated carbocycles. The summed E-state index contributed by atoms with van der Waals surface area (Å²) in [4.78, 5) is 19.2. The van der Waals surface area contributed by atoms with Gasteiger partial charge >= 0.3 is 0 Å². The molecule has 0 bridgehead atoms. The van der Waals surface area contributed by atoms with Crippen LogP contribution in [0.15, 0.2) is 72.2 Å². The van der Waals surface area contributed by atoms with Gasteiger partial charge in [0.25, 0.3) is 0 Å². The van der Waals surface area contributed by atoms with Crippen molar-refractivity contribution in [2.45, 2.75) is 50.5 Å². The van der Waals surface area contributed by atoms with Crippen LogP contribution >= 0.6 is 11.3 Å². The summed E-state index contributed by atoms with van der Waals surface area (Å²) < 4.78 is 18.6. The van der Waals surface area contributed by atoms with Crippen molar-refractivity contribution >= 4 is 17.2 Å². The molecular formula is C26H30N2O5S. The van der Waals surface area contributed by atoms with Crippen LogP contribution in [0.1, 0.15) is 29.5 Å². The molecule has 2 heterocycles. The average Bonchev–Trinajstić information content (AvgIpc) is 3.42. The van der Waals surface area contributed by atoms with Gasteiger partial charge < -0.3 is 24.2 Å². The van der Waals surface area contributed by atoms with E-state index in [1.54, 1.807) is 25.1 Å². The van der Waals surface area contributed by atoms with Gasteiger partial charge in [-0.05, 0) is 11.1 Å². The molecule has 8 heteroatoms. The maximum atomic E-state index is 13.0. The van der Waals surface area contributed by atoms with Crippen molar-refractivity contribution in [1.29, 1.82) is 0 Å². The molecule has 2 aromatic carbocycles. The Hall–Kier alpha value is -2.62. The summed E-state index contributed by atoms with van der Waals surface area (Å²) >= 11 is 1.42. The zero-order valence-electron chi connectivity index (χ0n) is 19.4. The first-order valence-corrected chi connectivity index (χ1v) is 12.1. The van der Waals surface area contributed by atoms with Crippen molar-refractivity contribution < 1.29 is 24.1 Å². The van der Waals surface area contributed by atoms with Crippen molar-refractivity contribution in [2.24, 2.45) is 0 Å². The molecule has 180 valence electrons. The molecule has 1 aliphatic heterocycles. The molecule has 0 spiro atoms. The minimum absolute atomic E-state index is 0.0927. The zero-order chi connectivity index (χ0) is 24.0. The average molecular weight is 483 g/mol. The van der Waals surface area contributed by atoms with Gasteiger partial charge in [0.15, 0.2) is 5.01 Å². The van der Waals surface area contributed by atoms with Crippen LogP contribution in [0.3, 0.4) is 0 Å². The smallest absolute Gasteiger partial charge is 0.224 e. The van der Waals surface area contributed by atoms with Crippen LogP contribution < -0.4 is 0 Å². The van der Waals surface area contributed by atoms with E-state index in [0.29, 0.717) is 24.6 Å². The number of methoxy groups -OCH3 is 1. The third-order valence-electron chi connectivity index (χ3n) is 6.12. The Labute approximate surface area is 203 Å². The van der Waals surface area contributed by atoms with Crippen molar-refractivity contribution in [3.05, 3.63) is 88.4 Å². The van der Waals surface area contributed by atoms with Gasteiger partial charge in [-0.3, -0.25) is 4.79 Å². The topological polar surface area (TPSA) is 81.1 Å². The number of aromatic nitrogens is 1. The minimum atomic E-state index is -1.19. The van der Waals surface area contributed by atoms with Gasteiger partial charge in [0.05, 0.1) is 19.3 Å². The normalized spacial score (nSPS) is 24.6. The fourth-order valence-electron chi connectivity index (χ4n) is 4.42. The molecule has 1 fully saturated rings. The van der Waals surface area contributed by atoms with E-state index >= 15 is 0 Å². The number of amides is 1. The number of thiazole rings is 1. The second-order valence-corrected chi connectivity index (χ2v) is 9.19. The van der Waals surface area contributed by atoms with E-state index in [4.69, 9.17) is 14.2 Å². The van der Waals surface area contributed by atoms with Crippen LogP contribution in [-0.4, -0.2) is 52.9 Å². The molecule has 0 aliphatic carbocycles. The molecule has 4 atom stereocenters. The quantitative estimate of drug-likeness (QED) is 0.501. The molecule has 1 amide bonds. The first-order valence-electron chi connectivity index (χ1n) is 11.3. The van der Waals surface area contributed by atoms with Crippen molar-refractivity contribution in [3.8, 4) is 0 Å². The standard InChI is InChI=1S/C26H30N2O5S/c1-19(30)28(16-20-9-5-3-6-10-20)22-15-26(31-2,25-27-13-14-34-25)33-23(17-29)24(22)32-18-21-11-7-4-8-12-21/h3-14,22-24,29H,15-18H2,1-2H3/t22-,23-,24+,26-/m1/s1. The highest BCUT2D eigenvalue weighted by Crippen LogP contribution is 2.42. The predicted molar refractivity (Wildman–Crippen MR) is 129 cm³/mol. The Bertz CT molecular complexity index is 1030. The SMILES string of the molecule is CO[C@]1(c2nccs2)C[C@@H](N(Cc2ccccc2)C(C)=O)[C@H](OCc2ccccc2)[C@@H](CO)O1. The summed E-state index contributed by atoms with van der Waals surface area (Å²) in [6, 6.07) is 19.2. The largest absolute Gasteiger partial charge is 0.394 e. The van der Waals surface area contributed by atoms with Crippen molar-refractivity contribution in [3.63, 3.8) is 0 Å². The number of aliphatic hydroxyl groups excluding tert-OH is 1. The number of aliphatic hydroxyl groups is 1. The highest BCUT2D eigenvalue weighted by Gasteiger charge is 2.52. The molecule has 7 nitrogen and oxygen atoms in total. The molecule has 1 N–H and O–H groups in total. The summed E-state index contributed by atoms with van der Waals surface area (Å²) in [5.74, 6) is -1.28. The molecule has 0 unspecified atom stereocenters. The molecule has 4 rings (SSSR count). The van der Waals surface area contributed by atoms with Crippen molar-refractivity contribution in [1.82, 2.24) is 9.88 Å². The number of benzene rings is 2. The third-order valence-corrected chi connectivity index (χ3v) is 7.02. The molecule has 1 aromatic heterocycles.